The number of aryl methyl sites for hydroxylation is 6. The number of carbonyl (C=O) groups excluding carboxylic acids is 3. The Labute approximate surface area is 645 Å². The van der Waals surface area contributed by atoms with E-state index >= 15 is 0 Å². The number of aromatic nitrogens is 9. The number of nitrogens with one attached hydrogen (secondary N) is 3. The number of nitrogens with zero attached hydrogens (tertiary/aromatic N) is 22. The van der Waals surface area contributed by atoms with Crippen molar-refractivity contribution >= 4 is 153 Å². The second-order valence-corrected chi connectivity index (χ2v) is 32.3. The van der Waals surface area contributed by atoms with E-state index in [1.807, 2.05) is 37.5 Å². The summed E-state index contributed by atoms with van der Waals surface area (Å²) < 4.78 is 0. The Morgan fingerprint density at radius 2 is 0.750 bits per heavy atom. The highest BCUT2D eigenvalue weighted by Crippen LogP contribution is 2.46. The highest BCUT2D eigenvalue weighted by Gasteiger charge is 2.38. The zero-order valence-corrected chi connectivity index (χ0v) is 67.2. The van der Waals surface area contributed by atoms with Crippen molar-refractivity contribution in [1.29, 1.82) is 0 Å². The predicted molar refractivity (Wildman–Crippen MR) is 440 cm³/mol. The first-order valence-corrected chi connectivity index (χ1v) is 39.9. The maximum Gasteiger partial charge on any atom is 0.279 e. The lowest BCUT2D eigenvalue weighted by molar-refractivity contribution is 0.0982. The van der Waals surface area contributed by atoms with Gasteiger partial charge in [0.05, 0.1) is 33.6 Å². The fourth-order valence-electron chi connectivity index (χ4n) is 15.0. The summed E-state index contributed by atoms with van der Waals surface area (Å²) in [5.74, 6) is 3.18. The standard InChI is InChI=1S/C29H39N9OS.2C24H30N8OS/c1-6-38-26-24(35(5)27(39)25-28(38)40-20(3)31-25)18-30-29(33-26)32-23-8-7-22(17-19(23)2)36-11-9-21(10-12-36)37-15-13-34(4)14-16-37;1-6-32-21-19(30(5)22(33)20-23(32)34-16(3)26-20)14-25-24(28-21)27-18-8-7-17(13-15(18)2)31-11-9-29(4)10-12-31;1-6-32-21-19(30(5)22(33)20-23(32)34-16(3)26-20)14-25-24(28-21)27-17-7-8-18(15(2)13-17)31-11-9-29(4)10-12-31/h7-8,17-18,21H,6,9-16H2,1-5H3,(H,30,32,33);2*7-8,13-14H,6,9-12H2,1-5H3,(H,25,27,28). The average Bonchev–Trinajstić information content (AvgIpc) is 1.62. The van der Waals surface area contributed by atoms with Crippen LogP contribution in [0, 0.1) is 41.5 Å². The highest BCUT2D eigenvalue weighted by molar-refractivity contribution is 7.17. The summed E-state index contributed by atoms with van der Waals surface area (Å²) >= 11 is 4.54. The summed E-state index contributed by atoms with van der Waals surface area (Å²) in [5.41, 5.74) is 13.6. The fraction of sp³-hybridized carbons (Fsp3) is 0.455. The van der Waals surface area contributed by atoms with Gasteiger partial charge in [0.1, 0.15) is 32.1 Å². The Bertz CT molecular complexity index is 4800. The minimum absolute atomic E-state index is 0.139. The van der Waals surface area contributed by atoms with Crippen molar-refractivity contribution in [3.05, 3.63) is 122 Å². The smallest absolute Gasteiger partial charge is 0.279 e. The molecule has 3 aromatic carbocycles. The summed E-state index contributed by atoms with van der Waals surface area (Å²) in [4.78, 5) is 109. The number of likely N-dealkylation sites (N-methyl/N-ethyl adjacent to an activating group) is 3. The number of thiazole rings is 3. The van der Waals surface area contributed by atoms with E-state index in [4.69, 9.17) is 15.0 Å². The van der Waals surface area contributed by atoms with Crippen LogP contribution in [0.1, 0.15) is 96.8 Å². The molecule has 31 heteroatoms. The number of benzene rings is 3. The van der Waals surface area contributed by atoms with Gasteiger partial charge in [0.15, 0.2) is 34.5 Å². The van der Waals surface area contributed by atoms with E-state index in [9.17, 15) is 14.4 Å². The molecule has 3 amide bonds. The molecule has 4 fully saturated rings. The number of piperidine rings is 1. The van der Waals surface area contributed by atoms with E-state index in [0.717, 1.165) is 124 Å². The first-order chi connectivity index (χ1) is 52.0. The Kier molecular flexibility index (Phi) is 22.1. The summed E-state index contributed by atoms with van der Waals surface area (Å²) in [6, 6.07) is 20.2. The van der Waals surface area contributed by atoms with Crippen LogP contribution in [0.2, 0.25) is 0 Å². The van der Waals surface area contributed by atoms with Crippen LogP contribution in [0.5, 0.6) is 0 Å². The second kappa shape index (κ2) is 31.8. The van der Waals surface area contributed by atoms with Crippen LogP contribution in [0.3, 0.4) is 0 Å². The Hall–Kier alpha value is -9.76. The van der Waals surface area contributed by atoms with E-state index in [1.54, 1.807) is 54.4 Å². The molecule has 6 aromatic heterocycles. The van der Waals surface area contributed by atoms with Crippen LogP contribution < -0.4 is 60.0 Å². The summed E-state index contributed by atoms with van der Waals surface area (Å²) in [7, 11) is 11.8. The van der Waals surface area contributed by atoms with Gasteiger partial charge in [-0.15, -0.1) is 34.0 Å². The van der Waals surface area contributed by atoms with Gasteiger partial charge in [0, 0.05) is 173 Å². The molecular formula is C77H99N25O3S3. The van der Waals surface area contributed by atoms with Crippen LogP contribution in [-0.4, -0.2) is 242 Å². The van der Waals surface area contributed by atoms with Gasteiger partial charge in [-0.05, 0) is 168 Å². The molecule has 568 valence electrons. The lowest BCUT2D eigenvalue weighted by atomic mass is 10.0. The molecule has 0 unspecified atom stereocenters. The van der Waals surface area contributed by atoms with Gasteiger partial charge < -0.3 is 74.7 Å². The third kappa shape index (κ3) is 15.4. The molecule has 0 spiro atoms. The number of rotatable bonds is 13. The molecule has 16 rings (SSSR count). The lowest BCUT2D eigenvalue weighted by Gasteiger charge is -2.42. The molecule has 13 heterocycles. The van der Waals surface area contributed by atoms with Gasteiger partial charge in [-0.1, -0.05) is 0 Å². The number of piperazine rings is 3. The second-order valence-electron chi connectivity index (χ2n) is 28.7. The van der Waals surface area contributed by atoms with Crippen LogP contribution in [0.15, 0.2) is 73.2 Å². The Morgan fingerprint density at radius 1 is 0.389 bits per heavy atom. The zero-order chi connectivity index (χ0) is 75.9. The molecule has 3 N–H and O–H groups in total. The first-order valence-electron chi connectivity index (χ1n) is 37.4. The molecule has 0 aliphatic carbocycles. The molecule has 0 saturated carbocycles. The quantitative estimate of drug-likeness (QED) is 0.0971. The largest absolute Gasteiger partial charge is 0.371 e. The van der Waals surface area contributed by atoms with Gasteiger partial charge in [0.2, 0.25) is 17.8 Å². The van der Waals surface area contributed by atoms with Crippen molar-refractivity contribution in [2.45, 2.75) is 81.2 Å². The van der Waals surface area contributed by atoms with Gasteiger partial charge in [-0.25, -0.2) is 29.9 Å². The average molecular weight is 1520 g/mol. The van der Waals surface area contributed by atoms with Gasteiger partial charge >= 0.3 is 0 Å². The maximum absolute atomic E-state index is 13.1. The van der Waals surface area contributed by atoms with E-state index in [2.05, 4.69) is 195 Å². The van der Waals surface area contributed by atoms with Crippen molar-refractivity contribution in [2.24, 2.45) is 0 Å². The first kappa shape index (κ1) is 75.1. The molecule has 108 heavy (non-hydrogen) atoms. The fourth-order valence-corrected chi connectivity index (χ4v) is 17.9. The monoisotopic (exact) mass is 1520 g/mol. The SMILES string of the molecule is CCN1c2nc(Nc3ccc(N4CCC(N5CCN(C)CC5)CC4)cc3C)ncc2N(C)C(=O)c2nc(C)sc21.CCN1c2nc(Nc3ccc(N4CCN(C)CC4)c(C)c3)ncc2N(C)C(=O)c2nc(C)sc21.CCN1c2nc(Nc3ccc(N4CCN(C)CC4)cc3C)ncc2N(C)C(=O)c2nc(C)sc21. The minimum atomic E-state index is -0.143. The van der Waals surface area contributed by atoms with E-state index in [-0.39, 0.29) is 17.7 Å². The lowest BCUT2D eigenvalue weighted by Crippen LogP contribution is -2.52. The van der Waals surface area contributed by atoms with Crippen LogP contribution >= 0.6 is 34.0 Å². The van der Waals surface area contributed by atoms with Crippen molar-refractivity contribution < 1.29 is 14.4 Å². The molecular weight excluding hydrogens is 1420 g/mol. The molecule has 0 atom stereocenters. The summed E-state index contributed by atoms with van der Waals surface area (Å²) in [6.07, 6.45) is 7.58. The number of amides is 3. The number of anilines is 18. The summed E-state index contributed by atoms with van der Waals surface area (Å²) in [6.45, 7) is 35.7. The van der Waals surface area contributed by atoms with Gasteiger partial charge in [0.25, 0.3) is 17.7 Å². The number of carbonyl (C=O) groups is 3. The van der Waals surface area contributed by atoms with Crippen molar-refractivity contribution in [3.8, 4) is 0 Å². The molecule has 7 aliphatic rings. The van der Waals surface area contributed by atoms with Crippen LogP contribution in [0.4, 0.5) is 101 Å². The van der Waals surface area contributed by atoms with Crippen molar-refractivity contribution in [1.82, 2.24) is 64.5 Å². The third-order valence-electron chi connectivity index (χ3n) is 21.4. The molecule has 0 radical (unpaired) electrons. The normalized spacial score (nSPS) is 17.4. The van der Waals surface area contributed by atoms with Crippen molar-refractivity contribution in [2.75, 3.05) is 214 Å². The molecule has 0 bridgehead atoms. The molecule has 9 aromatic rings. The van der Waals surface area contributed by atoms with Crippen LogP contribution in [0.25, 0.3) is 0 Å². The summed E-state index contributed by atoms with van der Waals surface area (Å²) in [5, 5.41) is 15.2. The van der Waals surface area contributed by atoms with E-state index < -0.39 is 0 Å². The highest BCUT2D eigenvalue weighted by atomic mass is 32.1. The number of hydrogen-bond acceptors (Lipinski definition) is 28. The molecule has 28 nitrogen and oxygen atoms in total. The van der Waals surface area contributed by atoms with E-state index in [0.29, 0.717) is 95.1 Å². The van der Waals surface area contributed by atoms with Gasteiger partial charge in [-0.3, -0.25) is 19.3 Å². The predicted octanol–water partition coefficient (Wildman–Crippen LogP) is 11.8. The zero-order valence-electron chi connectivity index (χ0n) is 64.7. The van der Waals surface area contributed by atoms with Crippen molar-refractivity contribution in [3.63, 3.8) is 0 Å². The molecule has 4 saturated heterocycles. The van der Waals surface area contributed by atoms with Crippen LogP contribution in [-0.2, 0) is 0 Å². The topological polar surface area (TPSA) is 245 Å². The third-order valence-corrected chi connectivity index (χ3v) is 24.4. The Balaban J connectivity index is 0.000000136. The van der Waals surface area contributed by atoms with E-state index in [1.165, 1.54) is 95.7 Å². The minimum Gasteiger partial charge on any atom is -0.371 e. The molecule has 7 aliphatic heterocycles. The van der Waals surface area contributed by atoms with Gasteiger partial charge in [-0.2, -0.15) is 15.0 Å². The Morgan fingerprint density at radius 3 is 1.12 bits per heavy atom. The number of fused-ring (bicyclic) bond motifs is 6. The maximum atomic E-state index is 13.1. The number of hydrogen-bond donors (Lipinski definition) is 3.